The van der Waals surface area contributed by atoms with Gasteiger partial charge in [0.1, 0.15) is 5.82 Å². The number of piperidine rings is 1. The molecule has 0 radical (unpaired) electrons. The second-order valence-corrected chi connectivity index (χ2v) is 8.71. The Kier molecular flexibility index (Phi) is 7.92. The predicted molar refractivity (Wildman–Crippen MR) is 121 cm³/mol. The van der Waals surface area contributed by atoms with Gasteiger partial charge in [-0.1, -0.05) is 23.7 Å². The Balaban J connectivity index is 0.00000272. The fourth-order valence-corrected chi connectivity index (χ4v) is 4.73. The van der Waals surface area contributed by atoms with Crippen molar-refractivity contribution in [2.75, 3.05) is 32.7 Å². The third-order valence-corrected chi connectivity index (χ3v) is 6.41. The van der Waals surface area contributed by atoms with E-state index >= 15 is 0 Å². The zero-order chi connectivity index (χ0) is 21.1. The summed E-state index contributed by atoms with van der Waals surface area (Å²) in [6, 6.07) is 9.89. The van der Waals surface area contributed by atoms with E-state index in [1.807, 2.05) is 19.1 Å². The molecule has 8 heteroatoms. The summed E-state index contributed by atoms with van der Waals surface area (Å²) in [6.07, 6.45) is 4.18. The molecule has 0 N–H and O–H groups in total. The van der Waals surface area contributed by atoms with Crippen molar-refractivity contribution < 1.29 is 13.9 Å². The lowest BCUT2D eigenvalue weighted by Crippen LogP contribution is -2.60. The number of rotatable bonds is 4. The normalized spacial score (nSPS) is 21.0. The van der Waals surface area contributed by atoms with Crippen LogP contribution in [0.1, 0.15) is 35.8 Å². The number of hydrogen-bond acceptors (Lipinski definition) is 4. The van der Waals surface area contributed by atoms with E-state index in [-0.39, 0.29) is 35.6 Å². The molecule has 1 spiro atoms. The Labute approximate surface area is 193 Å². The van der Waals surface area contributed by atoms with Crippen molar-refractivity contribution in [2.45, 2.75) is 37.9 Å². The maximum Gasteiger partial charge on any atom is 0.257 e. The van der Waals surface area contributed by atoms with Gasteiger partial charge in [-0.3, -0.25) is 9.78 Å². The van der Waals surface area contributed by atoms with Crippen LogP contribution in [0.25, 0.3) is 0 Å². The molecule has 2 fully saturated rings. The Morgan fingerprint density at radius 2 is 2.00 bits per heavy atom. The first-order valence-electron chi connectivity index (χ1n) is 10.5. The molecular weight excluding hydrogens is 440 g/mol. The lowest BCUT2D eigenvalue weighted by molar-refractivity contribution is -0.161. The summed E-state index contributed by atoms with van der Waals surface area (Å²) >= 11 is 6.22. The van der Waals surface area contributed by atoms with Gasteiger partial charge in [0.2, 0.25) is 0 Å². The molecule has 2 aromatic rings. The molecular formula is C23H28Cl2FN3O2. The first kappa shape index (κ1) is 23.9. The predicted octanol–water partition coefficient (Wildman–Crippen LogP) is 4.23. The smallest absolute Gasteiger partial charge is 0.257 e. The van der Waals surface area contributed by atoms with Crippen LogP contribution in [0.4, 0.5) is 4.39 Å². The highest BCUT2D eigenvalue weighted by atomic mass is 35.5. The number of amides is 1. The largest absolute Gasteiger partial charge is 0.368 e. The van der Waals surface area contributed by atoms with E-state index in [1.54, 1.807) is 29.3 Å². The molecule has 0 aliphatic carbocycles. The van der Waals surface area contributed by atoms with Crippen molar-refractivity contribution in [1.29, 1.82) is 0 Å². The number of morpholine rings is 1. The van der Waals surface area contributed by atoms with E-state index in [0.717, 1.165) is 44.6 Å². The van der Waals surface area contributed by atoms with Crippen molar-refractivity contribution in [2.24, 2.45) is 0 Å². The molecule has 1 atom stereocenters. The van der Waals surface area contributed by atoms with Crippen molar-refractivity contribution in [3.8, 4) is 0 Å². The molecule has 168 valence electrons. The summed E-state index contributed by atoms with van der Waals surface area (Å²) in [5.41, 5.74) is 0.688. The standard InChI is InChI=1S/C23H27ClFN3O2.ClH/c1-17-15-28(22(29)18-5-2-3-7-20(18)25)16-23(30-17)9-13-27(14-10-23)12-8-21-19(24)6-4-11-26-21;/h2-7,11,17H,8-10,12-16H2,1H3;1H. The maximum absolute atomic E-state index is 14.1. The number of carbonyl (C=O) groups excluding carboxylic acids is 1. The number of halogens is 3. The molecule has 2 saturated heterocycles. The molecule has 1 aromatic carbocycles. The van der Waals surface area contributed by atoms with Crippen molar-refractivity contribution in [1.82, 2.24) is 14.8 Å². The number of ether oxygens (including phenoxy) is 1. The number of likely N-dealkylation sites (tertiary alicyclic amines) is 1. The van der Waals surface area contributed by atoms with Crippen molar-refractivity contribution in [3.05, 3.63) is 64.7 Å². The van der Waals surface area contributed by atoms with E-state index in [4.69, 9.17) is 16.3 Å². The quantitative estimate of drug-likeness (QED) is 0.674. The Hall–Kier alpha value is -1.73. The van der Waals surface area contributed by atoms with Crippen LogP contribution in [0, 0.1) is 5.82 Å². The van der Waals surface area contributed by atoms with Gasteiger partial charge in [-0.05, 0) is 44.0 Å². The average molecular weight is 468 g/mol. The number of aromatic nitrogens is 1. The minimum absolute atomic E-state index is 0. The molecule has 0 bridgehead atoms. The summed E-state index contributed by atoms with van der Waals surface area (Å²) in [6.45, 7) is 5.64. The maximum atomic E-state index is 14.1. The van der Waals surface area contributed by atoms with E-state index in [0.29, 0.717) is 18.1 Å². The van der Waals surface area contributed by atoms with Gasteiger partial charge in [-0.25, -0.2) is 4.39 Å². The summed E-state index contributed by atoms with van der Waals surface area (Å²) in [5.74, 6) is -0.728. The number of hydrogen-bond donors (Lipinski definition) is 0. The number of nitrogens with zero attached hydrogens (tertiary/aromatic N) is 3. The van der Waals surface area contributed by atoms with Crippen LogP contribution < -0.4 is 0 Å². The van der Waals surface area contributed by atoms with E-state index < -0.39 is 5.82 Å². The van der Waals surface area contributed by atoms with Crippen LogP contribution in [0.2, 0.25) is 5.02 Å². The van der Waals surface area contributed by atoms with Gasteiger partial charge in [0, 0.05) is 38.8 Å². The first-order valence-corrected chi connectivity index (χ1v) is 10.9. The van der Waals surface area contributed by atoms with Gasteiger partial charge in [0.15, 0.2) is 0 Å². The molecule has 1 aromatic heterocycles. The first-order chi connectivity index (χ1) is 14.5. The second-order valence-electron chi connectivity index (χ2n) is 8.30. The van der Waals surface area contributed by atoms with Crippen LogP contribution in [-0.4, -0.2) is 65.1 Å². The highest BCUT2D eigenvalue weighted by Gasteiger charge is 2.43. The minimum atomic E-state index is -0.473. The van der Waals surface area contributed by atoms with E-state index in [1.165, 1.54) is 6.07 Å². The van der Waals surface area contributed by atoms with Gasteiger partial charge in [-0.2, -0.15) is 0 Å². The fourth-order valence-electron chi connectivity index (χ4n) is 4.51. The molecule has 1 amide bonds. The molecule has 3 heterocycles. The molecule has 0 saturated carbocycles. The van der Waals surface area contributed by atoms with Crippen LogP contribution in [0.5, 0.6) is 0 Å². The highest BCUT2D eigenvalue weighted by Crippen LogP contribution is 2.33. The minimum Gasteiger partial charge on any atom is -0.368 e. The molecule has 1 unspecified atom stereocenters. The summed E-state index contributed by atoms with van der Waals surface area (Å²) in [5, 5.41) is 0.706. The Morgan fingerprint density at radius 1 is 1.26 bits per heavy atom. The molecule has 31 heavy (non-hydrogen) atoms. The van der Waals surface area contributed by atoms with Gasteiger partial charge in [-0.15, -0.1) is 12.4 Å². The van der Waals surface area contributed by atoms with Crippen LogP contribution in [0.15, 0.2) is 42.6 Å². The number of carbonyl (C=O) groups is 1. The Bertz CT molecular complexity index is 906. The lowest BCUT2D eigenvalue weighted by Gasteiger charge is -2.49. The van der Waals surface area contributed by atoms with Crippen molar-refractivity contribution in [3.63, 3.8) is 0 Å². The summed E-state index contributed by atoms with van der Waals surface area (Å²) < 4.78 is 20.5. The average Bonchev–Trinajstić information content (AvgIpc) is 2.74. The fraction of sp³-hybridized carbons (Fsp3) is 0.478. The van der Waals surface area contributed by atoms with Crippen LogP contribution in [-0.2, 0) is 11.2 Å². The third kappa shape index (κ3) is 5.55. The summed E-state index contributed by atoms with van der Waals surface area (Å²) in [7, 11) is 0. The lowest BCUT2D eigenvalue weighted by atomic mass is 9.88. The third-order valence-electron chi connectivity index (χ3n) is 6.07. The zero-order valence-corrected chi connectivity index (χ0v) is 19.2. The number of pyridine rings is 1. The van der Waals surface area contributed by atoms with Gasteiger partial charge in [0.25, 0.3) is 5.91 Å². The van der Waals surface area contributed by atoms with Gasteiger partial charge < -0.3 is 14.5 Å². The highest BCUT2D eigenvalue weighted by molar-refractivity contribution is 6.31. The molecule has 5 nitrogen and oxygen atoms in total. The van der Waals surface area contributed by atoms with Crippen LogP contribution in [0.3, 0.4) is 0 Å². The van der Waals surface area contributed by atoms with E-state index in [9.17, 15) is 9.18 Å². The molecule has 2 aliphatic heterocycles. The van der Waals surface area contributed by atoms with Crippen LogP contribution >= 0.6 is 24.0 Å². The Morgan fingerprint density at radius 3 is 2.71 bits per heavy atom. The second kappa shape index (κ2) is 10.3. The zero-order valence-electron chi connectivity index (χ0n) is 17.6. The topological polar surface area (TPSA) is 45.7 Å². The van der Waals surface area contributed by atoms with Crippen molar-refractivity contribution >= 4 is 29.9 Å². The monoisotopic (exact) mass is 467 g/mol. The summed E-state index contributed by atoms with van der Waals surface area (Å²) in [4.78, 5) is 21.5. The number of benzene rings is 1. The van der Waals surface area contributed by atoms with E-state index in [2.05, 4.69) is 9.88 Å². The van der Waals surface area contributed by atoms with Gasteiger partial charge in [0.05, 0.1) is 34.5 Å². The SMILES string of the molecule is CC1CN(C(=O)c2ccccc2F)CC2(CCN(CCc3ncccc3Cl)CC2)O1.Cl. The molecule has 4 rings (SSSR count). The van der Waals surface area contributed by atoms with Gasteiger partial charge >= 0.3 is 0 Å². The molecule has 2 aliphatic rings.